The van der Waals surface area contributed by atoms with Gasteiger partial charge in [0.1, 0.15) is 0 Å². The molecule has 0 amide bonds. The van der Waals surface area contributed by atoms with Crippen LogP contribution in [0.15, 0.2) is 23.2 Å². The molecular weight excluding hydrogens is 324 g/mol. The molecule has 2 aliphatic rings. The van der Waals surface area contributed by atoms with Crippen LogP contribution in [0.5, 0.6) is 0 Å². The van der Waals surface area contributed by atoms with E-state index in [0.717, 1.165) is 51.4 Å². The van der Waals surface area contributed by atoms with E-state index in [1.165, 1.54) is 30.4 Å². The fourth-order valence-corrected chi connectivity index (χ4v) is 4.11. The van der Waals surface area contributed by atoms with Crippen molar-refractivity contribution in [1.29, 1.82) is 0 Å². The molecule has 0 bridgehead atoms. The highest BCUT2D eigenvalue weighted by molar-refractivity contribution is 5.93. The van der Waals surface area contributed by atoms with Crippen LogP contribution in [0, 0.1) is 5.92 Å². The fraction of sp³-hybridized carbons (Fsp3) is 0.667. The summed E-state index contributed by atoms with van der Waals surface area (Å²) in [6, 6.07) is 6.92. The molecule has 1 fully saturated rings. The predicted molar refractivity (Wildman–Crippen MR) is 109 cm³/mol. The van der Waals surface area contributed by atoms with Crippen LogP contribution in [0.4, 0.5) is 5.69 Å². The topological polar surface area (TPSA) is 62.9 Å². The molecule has 1 heterocycles. The first-order valence-corrected chi connectivity index (χ1v) is 10.1. The molecule has 3 rings (SSSR count). The van der Waals surface area contributed by atoms with Crippen molar-refractivity contribution in [3.63, 3.8) is 0 Å². The monoisotopic (exact) mass is 358 g/mol. The number of aliphatic imine (C=N–C) groups is 1. The lowest BCUT2D eigenvalue weighted by Crippen LogP contribution is -2.46. The van der Waals surface area contributed by atoms with Crippen molar-refractivity contribution < 1.29 is 4.74 Å². The average molecular weight is 359 g/mol. The van der Waals surface area contributed by atoms with Crippen LogP contribution in [-0.4, -0.2) is 49.7 Å². The highest BCUT2D eigenvalue weighted by atomic mass is 16.5. The largest absolute Gasteiger partial charge is 0.379 e. The Morgan fingerprint density at radius 2 is 2.00 bits per heavy atom. The minimum Gasteiger partial charge on any atom is -0.379 e. The quantitative estimate of drug-likeness (QED) is 0.606. The number of aryl methyl sites for hydroxylation is 1. The van der Waals surface area contributed by atoms with Crippen molar-refractivity contribution in [2.24, 2.45) is 16.6 Å². The van der Waals surface area contributed by atoms with Gasteiger partial charge in [-0.3, -0.25) is 9.89 Å². The maximum Gasteiger partial charge on any atom is 0.193 e. The number of benzene rings is 1. The van der Waals surface area contributed by atoms with Crippen LogP contribution in [-0.2, 0) is 17.6 Å². The van der Waals surface area contributed by atoms with E-state index in [9.17, 15) is 0 Å². The Labute approximate surface area is 158 Å². The number of rotatable bonds is 6. The Morgan fingerprint density at radius 1 is 1.23 bits per heavy atom. The molecule has 0 spiro atoms. The van der Waals surface area contributed by atoms with E-state index in [4.69, 9.17) is 15.5 Å². The number of nitrogens with one attached hydrogen (secondary N) is 1. The third-order valence-corrected chi connectivity index (χ3v) is 5.44. The van der Waals surface area contributed by atoms with Gasteiger partial charge in [-0.05, 0) is 55.2 Å². The summed E-state index contributed by atoms with van der Waals surface area (Å²) >= 11 is 0. The Kier molecular flexibility index (Phi) is 6.92. The molecule has 1 aromatic carbocycles. The van der Waals surface area contributed by atoms with Crippen LogP contribution in [0.2, 0.25) is 0 Å². The minimum atomic E-state index is 0.434. The Morgan fingerprint density at radius 3 is 2.77 bits per heavy atom. The summed E-state index contributed by atoms with van der Waals surface area (Å²) in [5.41, 5.74) is 10.3. The van der Waals surface area contributed by atoms with Crippen LogP contribution < -0.4 is 11.1 Å². The zero-order chi connectivity index (χ0) is 18.4. The number of fused-ring (bicyclic) bond motifs is 1. The van der Waals surface area contributed by atoms with E-state index >= 15 is 0 Å². The van der Waals surface area contributed by atoms with E-state index in [2.05, 4.69) is 42.3 Å². The second kappa shape index (κ2) is 9.38. The number of hydrogen-bond donors (Lipinski definition) is 2. The van der Waals surface area contributed by atoms with E-state index in [-0.39, 0.29) is 0 Å². The van der Waals surface area contributed by atoms with Gasteiger partial charge in [-0.25, -0.2) is 0 Å². The number of morpholine rings is 1. The Bertz CT molecular complexity index is 608. The van der Waals surface area contributed by atoms with Crippen molar-refractivity contribution in [2.45, 2.75) is 52.0 Å². The number of nitrogens with zero attached hydrogens (tertiary/aromatic N) is 2. The SMILES string of the molecule is CC(C)CC(CN=C(N)Nc1cccc2c1CCCC2)N1CCOCC1. The molecule has 26 heavy (non-hydrogen) atoms. The maximum atomic E-state index is 6.24. The molecule has 0 aromatic heterocycles. The summed E-state index contributed by atoms with van der Waals surface area (Å²) in [5.74, 6) is 1.18. The summed E-state index contributed by atoms with van der Waals surface area (Å²) < 4.78 is 5.50. The number of nitrogens with two attached hydrogens (primary N) is 1. The van der Waals surface area contributed by atoms with E-state index in [1.54, 1.807) is 0 Å². The van der Waals surface area contributed by atoms with Crippen molar-refractivity contribution in [3.05, 3.63) is 29.3 Å². The zero-order valence-corrected chi connectivity index (χ0v) is 16.3. The van der Waals surface area contributed by atoms with E-state index in [0.29, 0.717) is 17.9 Å². The first kappa shape index (κ1) is 19.2. The average Bonchev–Trinajstić information content (AvgIpc) is 2.66. The lowest BCUT2D eigenvalue weighted by atomic mass is 9.90. The van der Waals surface area contributed by atoms with E-state index < -0.39 is 0 Å². The third-order valence-electron chi connectivity index (χ3n) is 5.44. The second-order valence-electron chi connectivity index (χ2n) is 7.93. The lowest BCUT2D eigenvalue weighted by Gasteiger charge is -2.34. The van der Waals surface area contributed by atoms with Crippen LogP contribution in [0.25, 0.3) is 0 Å². The smallest absolute Gasteiger partial charge is 0.193 e. The van der Waals surface area contributed by atoms with E-state index in [1.807, 2.05) is 0 Å². The van der Waals surface area contributed by atoms with Gasteiger partial charge in [-0.15, -0.1) is 0 Å². The normalized spacial score (nSPS) is 20.0. The molecule has 144 valence electrons. The van der Waals surface area contributed by atoms with Gasteiger partial charge in [0.2, 0.25) is 0 Å². The number of anilines is 1. The molecule has 1 aliphatic heterocycles. The van der Waals surface area contributed by atoms with Gasteiger partial charge in [0.25, 0.3) is 0 Å². The molecule has 1 unspecified atom stereocenters. The van der Waals surface area contributed by atoms with Crippen LogP contribution in [0.3, 0.4) is 0 Å². The summed E-state index contributed by atoms with van der Waals surface area (Å²) in [7, 11) is 0. The maximum absolute atomic E-state index is 6.24. The van der Waals surface area contributed by atoms with Crippen molar-refractivity contribution in [2.75, 3.05) is 38.2 Å². The molecule has 1 aromatic rings. The van der Waals surface area contributed by atoms with Gasteiger partial charge in [-0.2, -0.15) is 0 Å². The van der Waals surface area contributed by atoms with Crippen molar-refractivity contribution >= 4 is 11.6 Å². The zero-order valence-electron chi connectivity index (χ0n) is 16.3. The number of ether oxygens (including phenoxy) is 1. The van der Waals surface area contributed by atoms with Crippen molar-refractivity contribution in [3.8, 4) is 0 Å². The summed E-state index contributed by atoms with van der Waals surface area (Å²) in [6.07, 6.45) is 6.00. The van der Waals surface area contributed by atoms with Gasteiger partial charge in [0.15, 0.2) is 5.96 Å². The standard InChI is InChI=1S/C21H34N4O/c1-16(2)14-18(25-10-12-26-13-11-25)15-23-21(22)24-20-9-5-7-17-6-3-4-8-19(17)20/h5,7,9,16,18H,3-4,6,8,10-15H2,1-2H3,(H3,22,23,24). The molecule has 0 radical (unpaired) electrons. The minimum absolute atomic E-state index is 0.434. The van der Waals surface area contributed by atoms with Gasteiger partial charge < -0.3 is 15.8 Å². The van der Waals surface area contributed by atoms with Crippen LogP contribution in [0.1, 0.15) is 44.2 Å². The fourth-order valence-electron chi connectivity index (χ4n) is 4.11. The van der Waals surface area contributed by atoms with Gasteiger partial charge >= 0.3 is 0 Å². The highest BCUT2D eigenvalue weighted by Crippen LogP contribution is 2.27. The number of hydrogen-bond acceptors (Lipinski definition) is 3. The summed E-state index contributed by atoms with van der Waals surface area (Å²) in [6.45, 7) is 8.92. The third kappa shape index (κ3) is 5.21. The molecule has 1 atom stereocenters. The number of guanidine groups is 1. The summed E-state index contributed by atoms with van der Waals surface area (Å²) in [4.78, 5) is 7.20. The molecule has 5 nitrogen and oxygen atoms in total. The van der Waals surface area contributed by atoms with Gasteiger partial charge in [0, 0.05) is 24.8 Å². The first-order chi connectivity index (χ1) is 12.6. The lowest BCUT2D eigenvalue weighted by molar-refractivity contribution is 0.0143. The Hall–Kier alpha value is -1.59. The molecular formula is C21H34N4O. The molecule has 5 heteroatoms. The van der Waals surface area contributed by atoms with Crippen molar-refractivity contribution in [1.82, 2.24) is 4.90 Å². The van der Waals surface area contributed by atoms with Crippen LogP contribution >= 0.6 is 0 Å². The first-order valence-electron chi connectivity index (χ1n) is 10.1. The summed E-state index contributed by atoms with van der Waals surface area (Å²) in [5, 5.41) is 3.37. The molecule has 1 saturated heterocycles. The van der Waals surface area contributed by atoms with Gasteiger partial charge in [-0.1, -0.05) is 26.0 Å². The molecule has 3 N–H and O–H groups in total. The highest BCUT2D eigenvalue weighted by Gasteiger charge is 2.22. The second-order valence-corrected chi connectivity index (χ2v) is 7.93. The van der Waals surface area contributed by atoms with Gasteiger partial charge in [0.05, 0.1) is 19.8 Å². The molecule has 1 aliphatic carbocycles. The molecule has 0 saturated carbocycles. The predicted octanol–water partition coefficient (Wildman–Crippen LogP) is 3.04. The Balaban J connectivity index is 1.64.